The highest BCUT2D eigenvalue weighted by Gasteiger charge is 2.37. The summed E-state index contributed by atoms with van der Waals surface area (Å²) >= 11 is 0. The molecule has 1 atom stereocenters. The highest BCUT2D eigenvalue weighted by Crippen LogP contribution is 2.60. The summed E-state index contributed by atoms with van der Waals surface area (Å²) in [6, 6.07) is 0. The molecule has 1 saturated heterocycles. The fraction of sp³-hybridized carbons (Fsp3) is 1.00. The van der Waals surface area contributed by atoms with Gasteiger partial charge in [-0.2, -0.15) is 0 Å². The smallest absolute Gasteiger partial charge is 0.146 e. The lowest BCUT2D eigenvalue weighted by molar-refractivity contribution is 0.442. The second-order valence-corrected chi connectivity index (χ2v) is 7.34. The Bertz CT molecular complexity index is 122. The molecule has 0 amide bonds. The quantitative estimate of drug-likeness (QED) is 0.687. The molecule has 0 aliphatic carbocycles. The third kappa shape index (κ3) is 2.69. The van der Waals surface area contributed by atoms with Crippen LogP contribution < -0.4 is 5.32 Å². The van der Waals surface area contributed by atoms with E-state index < -0.39 is 7.49 Å². The lowest BCUT2D eigenvalue weighted by atomic mass is 10.5. The largest absolute Gasteiger partial charge is 0.313 e. The molecule has 1 aliphatic rings. The third-order valence-electron chi connectivity index (χ3n) is 2.63. The maximum atomic E-state index is 5.77. The van der Waals surface area contributed by atoms with Gasteiger partial charge in [-0.15, -0.1) is 0 Å². The fourth-order valence-corrected chi connectivity index (χ4v) is 5.25. The molecule has 1 N–H and O–H groups in total. The molecule has 3 heteroatoms. The minimum Gasteiger partial charge on any atom is -0.313 e. The number of nitrogens with one attached hydrogen (secondary N) is 1. The van der Waals surface area contributed by atoms with Crippen molar-refractivity contribution < 1.29 is 4.52 Å². The van der Waals surface area contributed by atoms with E-state index in [9.17, 15) is 0 Å². The van der Waals surface area contributed by atoms with Crippen LogP contribution >= 0.6 is 7.49 Å². The number of hydrogen-bond donors (Lipinski definition) is 1. The van der Waals surface area contributed by atoms with Crippen molar-refractivity contribution in [1.82, 2.24) is 5.32 Å². The van der Waals surface area contributed by atoms with E-state index in [0.717, 1.165) is 0 Å². The van der Waals surface area contributed by atoms with Gasteiger partial charge in [0, 0.05) is 6.54 Å². The fourth-order valence-electron chi connectivity index (χ4n) is 1.92. The maximum Gasteiger partial charge on any atom is 0.146 e. The Hall–Kier alpha value is 0.350. The zero-order valence-corrected chi connectivity index (χ0v) is 9.20. The molecular formula is C9H21NOP+. The van der Waals surface area contributed by atoms with Gasteiger partial charge in [-0.05, 0) is 19.4 Å². The van der Waals surface area contributed by atoms with Crippen LogP contribution in [-0.4, -0.2) is 38.7 Å². The van der Waals surface area contributed by atoms with Crippen LogP contribution in [0.2, 0.25) is 0 Å². The van der Waals surface area contributed by atoms with Crippen LogP contribution in [0.25, 0.3) is 0 Å². The van der Waals surface area contributed by atoms with Gasteiger partial charge in [0.05, 0.1) is 25.6 Å². The van der Waals surface area contributed by atoms with E-state index in [0.29, 0.717) is 0 Å². The van der Waals surface area contributed by atoms with Gasteiger partial charge in [0.15, 0.2) is 0 Å². The molecule has 0 radical (unpaired) electrons. The van der Waals surface area contributed by atoms with Gasteiger partial charge in [-0.1, -0.05) is 6.92 Å². The van der Waals surface area contributed by atoms with Crippen LogP contribution in [0.4, 0.5) is 0 Å². The van der Waals surface area contributed by atoms with E-state index in [2.05, 4.69) is 12.2 Å². The third-order valence-corrected chi connectivity index (χ3v) is 6.84. The Morgan fingerprint density at radius 3 is 2.83 bits per heavy atom. The minimum absolute atomic E-state index is 0.977. The molecule has 12 heavy (non-hydrogen) atoms. The van der Waals surface area contributed by atoms with Crippen molar-refractivity contribution in [2.24, 2.45) is 0 Å². The van der Waals surface area contributed by atoms with Crippen LogP contribution in [0, 0.1) is 0 Å². The summed E-state index contributed by atoms with van der Waals surface area (Å²) in [6.07, 6.45) is 6.54. The lowest BCUT2D eigenvalue weighted by Crippen LogP contribution is -2.17. The van der Waals surface area contributed by atoms with Gasteiger partial charge in [-0.25, -0.2) is 4.52 Å². The van der Waals surface area contributed by atoms with Gasteiger partial charge in [0.1, 0.15) is 7.49 Å². The van der Waals surface area contributed by atoms with E-state index in [4.69, 9.17) is 4.52 Å². The van der Waals surface area contributed by atoms with Gasteiger partial charge in [0.2, 0.25) is 0 Å². The molecule has 1 fully saturated rings. The van der Waals surface area contributed by atoms with Crippen molar-refractivity contribution in [2.75, 3.05) is 38.7 Å². The van der Waals surface area contributed by atoms with E-state index in [1.54, 1.807) is 0 Å². The van der Waals surface area contributed by atoms with Gasteiger partial charge in [-0.3, -0.25) is 0 Å². The molecule has 0 saturated carbocycles. The van der Waals surface area contributed by atoms with E-state index in [1.807, 2.05) is 7.11 Å². The molecule has 1 heterocycles. The first-order valence-electron chi connectivity index (χ1n) is 4.95. The highest BCUT2D eigenvalue weighted by atomic mass is 31.2. The van der Waals surface area contributed by atoms with Crippen LogP contribution in [0.3, 0.4) is 0 Å². The van der Waals surface area contributed by atoms with Crippen molar-refractivity contribution in [1.29, 1.82) is 0 Å². The first kappa shape index (κ1) is 10.4. The molecule has 2 nitrogen and oxygen atoms in total. The first-order chi connectivity index (χ1) is 5.83. The van der Waals surface area contributed by atoms with Gasteiger partial charge >= 0.3 is 0 Å². The minimum atomic E-state index is -0.977. The average molecular weight is 190 g/mol. The molecule has 1 aliphatic heterocycles. The monoisotopic (exact) mass is 190 g/mol. The Morgan fingerprint density at radius 2 is 2.17 bits per heavy atom. The molecule has 1 rings (SSSR count). The van der Waals surface area contributed by atoms with Crippen LogP contribution in [0.5, 0.6) is 0 Å². The van der Waals surface area contributed by atoms with Crippen LogP contribution in [0.1, 0.15) is 19.8 Å². The van der Waals surface area contributed by atoms with Crippen molar-refractivity contribution in [3.05, 3.63) is 0 Å². The Morgan fingerprint density at radius 1 is 1.33 bits per heavy atom. The van der Waals surface area contributed by atoms with Crippen molar-refractivity contribution in [3.63, 3.8) is 0 Å². The first-order valence-corrected chi connectivity index (χ1v) is 7.22. The molecule has 0 aromatic carbocycles. The summed E-state index contributed by atoms with van der Waals surface area (Å²) < 4.78 is 5.77. The molecule has 72 valence electrons. The van der Waals surface area contributed by atoms with E-state index >= 15 is 0 Å². The molecule has 0 spiro atoms. The van der Waals surface area contributed by atoms with Gasteiger partial charge < -0.3 is 5.32 Å². The zero-order valence-electron chi connectivity index (χ0n) is 8.31. The Balaban J connectivity index is 2.48. The predicted octanol–water partition coefficient (Wildman–Crippen LogP) is 1.97. The van der Waals surface area contributed by atoms with E-state index in [-0.39, 0.29) is 0 Å². The zero-order chi connectivity index (χ0) is 8.86. The topological polar surface area (TPSA) is 21.3 Å². The van der Waals surface area contributed by atoms with E-state index in [1.165, 1.54) is 44.4 Å². The van der Waals surface area contributed by atoms with Crippen molar-refractivity contribution in [2.45, 2.75) is 19.8 Å². The predicted molar refractivity (Wildman–Crippen MR) is 56.3 cm³/mol. The number of hydrogen-bond acceptors (Lipinski definition) is 2. The Labute approximate surface area is 76.5 Å². The second kappa shape index (κ2) is 5.16. The number of rotatable bonds is 3. The summed E-state index contributed by atoms with van der Waals surface area (Å²) in [6.45, 7) is 4.62. The molecule has 0 aromatic rings. The summed E-state index contributed by atoms with van der Waals surface area (Å²) in [4.78, 5) is 0. The van der Waals surface area contributed by atoms with Crippen LogP contribution in [-0.2, 0) is 4.52 Å². The molecular weight excluding hydrogens is 169 g/mol. The normalized spacial score (nSPS) is 31.5. The highest BCUT2D eigenvalue weighted by molar-refractivity contribution is 7.71. The standard InChI is InChI=1S/C9H21NOP/c1-3-7-12(11-2)8-4-5-10-6-9-12/h10H,3-9H2,1-2H3/q+1. The Kier molecular flexibility index (Phi) is 4.49. The second-order valence-electron chi connectivity index (χ2n) is 3.52. The van der Waals surface area contributed by atoms with Crippen molar-refractivity contribution >= 4 is 7.49 Å². The van der Waals surface area contributed by atoms with Crippen molar-refractivity contribution in [3.8, 4) is 0 Å². The maximum absolute atomic E-state index is 5.77. The van der Waals surface area contributed by atoms with Gasteiger partial charge in [0.25, 0.3) is 0 Å². The molecule has 1 unspecified atom stereocenters. The molecule has 0 aromatic heterocycles. The lowest BCUT2D eigenvalue weighted by Gasteiger charge is -2.21. The SMILES string of the molecule is CCC[P+]1(OC)CCCNCC1. The average Bonchev–Trinajstić information content (AvgIpc) is 2.32. The summed E-state index contributed by atoms with van der Waals surface area (Å²) in [5.41, 5.74) is 0. The summed E-state index contributed by atoms with van der Waals surface area (Å²) in [5, 5.41) is 3.44. The van der Waals surface area contributed by atoms with Crippen LogP contribution in [0.15, 0.2) is 0 Å². The summed E-state index contributed by atoms with van der Waals surface area (Å²) in [5.74, 6) is 0. The molecule has 0 bridgehead atoms. The summed E-state index contributed by atoms with van der Waals surface area (Å²) in [7, 11) is 0.934.